The molecule has 1 aliphatic heterocycles. The molecule has 0 spiro atoms. The average molecular weight is 730 g/mol. The van der Waals surface area contributed by atoms with Crippen molar-refractivity contribution >= 4 is 23.9 Å². The van der Waals surface area contributed by atoms with Crippen molar-refractivity contribution in [3.8, 4) is 11.1 Å². The summed E-state index contributed by atoms with van der Waals surface area (Å²) in [5.41, 5.74) is 6.26. The van der Waals surface area contributed by atoms with Gasteiger partial charge in [0.15, 0.2) is 0 Å². The molecule has 4 aromatic carbocycles. The molecule has 10 heteroatoms. The number of aliphatic hydroxyl groups is 1. The topological polar surface area (TPSA) is 134 Å². The van der Waals surface area contributed by atoms with Crippen LogP contribution >= 0.6 is 0 Å². The normalized spacial score (nSPS) is 18.8. The lowest BCUT2D eigenvalue weighted by Gasteiger charge is -2.26. The van der Waals surface area contributed by atoms with Gasteiger partial charge in [0.05, 0.1) is 18.6 Å². The zero-order valence-corrected chi connectivity index (χ0v) is 30.3. The third kappa shape index (κ3) is 10.0. The third-order valence-electron chi connectivity index (χ3n) is 9.96. The maximum absolute atomic E-state index is 13.8. The van der Waals surface area contributed by atoms with Gasteiger partial charge in [-0.05, 0) is 59.1 Å². The van der Waals surface area contributed by atoms with Crippen molar-refractivity contribution in [2.75, 3.05) is 26.4 Å². The van der Waals surface area contributed by atoms with Gasteiger partial charge in [-0.2, -0.15) is 0 Å². The molecule has 280 valence electrons. The highest BCUT2D eigenvalue weighted by Crippen LogP contribution is 2.44. The van der Waals surface area contributed by atoms with E-state index in [9.17, 15) is 24.3 Å². The number of fused-ring (bicyclic) bond motifs is 3. The summed E-state index contributed by atoms with van der Waals surface area (Å²) in [5.74, 6) is -2.04. The standard InChI is InChI=1S/C44H47N3O7/c48-25-24-47(28-32-16-6-2-7-17-32)41(49)27-33-18-8-3-9-23-40(43(51)53-29-34(45-42(33)50)26-31-14-4-1-5-15-31)46-44(52)54-30-39-37-21-12-10-19-35(37)36-20-11-13-22-38(36)39/h1-8,10-17,19-22,33-34,39-40,48H,9,18,23-30H2,(H,45,50)(H,46,52). The number of alkyl carbamates (subject to hydrolysis) is 1. The first-order valence-corrected chi connectivity index (χ1v) is 18.6. The molecule has 3 atom stereocenters. The molecular weight excluding hydrogens is 682 g/mol. The smallest absolute Gasteiger partial charge is 0.407 e. The molecule has 0 bridgehead atoms. The Morgan fingerprint density at radius 1 is 0.833 bits per heavy atom. The summed E-state index contributed by atoms with van der Waals surface area (Å²) in [6.45, 7) is 0.220. The van der Waals surface area contributed by atoms with Crippen molar-refractivity contribution in [1.82, 2.24) is 15.5 Å². The second-order valence-electron chi connectivity index (χ2n) is 13.8. The highest BCUT2D eigenvalue weighted by atomic mass is 16.6. The number of esters is 1. The molecule has 3 N–H and O–H groups in total. The van der Waals surface area contributed by atoms with Crippen LogP contribution in [0.2, 0.25) is 0 Å². The van der Waals surface area contributed by atoms with Crippen LogP contribution in [0, 0.1) is 5.92 Å². The molecule has 4 aromatic rings. The number of hydrogen-bond donors (Lipinski definition) is 3. The van der Waals surface area contributed by atoms with Crippen molar-refractivity contribution in [2.24, 2.45) is 5.92 Å². The Labute approximate surface area is 316 Å². The van der Waals surface area contributed by atoms with Gasteiger partial charge in [-0.25, -0.2) is 9.59 Å². The number of amides is 3. The second-order valence-corrected chi connectivity index (χ2v) is 13.8. The van der Waals surface area contributed by atoms with E-state index in [1.165, 1.54) is 0 Å². The Bertz CT molecular complexity index is 1870. The van der Waals surface area contributed by atoms with Crippen LogP contribution in [-0.2, 0) is 36.8 Å². The van der Waals surface area contributed by atoms with E-state index in [2.05, 4.69) is 22.8 Å². The van der Waals surface area contributed by atoms with Crippen LogP contribution in [0.3, 0.4) is 0 Å². The Morgan fingerprint density at radius 2 is 1.46 bits per heavy atom. The maximum atomic E-state index is 13.8. The Kier molecular flexibility index (Phi) is 13.3. The first-order valence-electron chi connectivity index (χ1n) is 18.6. The summed E-state index contributed by atoms with van der Waals surface area (Å²) >= 11 is 0. The number of cyclic esters (lactones) is 1. The summed E-state index contributed by atoms with van der Waals surface area (Å²) in [5, 5.41) is 15.5. The minimum atomic E-state index is -0.985. The van der Waals surface area contributed by atoms with Crippen LogP contribution in [0.1, 0.15) is 53.9 Å². The predicted octanol–water partition coefficient (Wildman–Crippen LogP) is 5.93. The highest BCUT2D eigenvalue weighted by molar-refractivity contribution is 5.86. The Hall–Kier alpha value is -5.74. The van der Waals surface area contributed by atoms with Crippen molar-refractivity contribution in [3.05, 3.63) is 144 Å². The Morgan fingerprint density at radius 3 is 2.13 bits per heavy atom. The first-order chi connectivity index (χ1) is 26.4. The minimum Gasteiger partial charge on any atom is -0.462 e. The van der Waals surface area contributed by atoms with Crippen molar-refractivity contribution in [2.45, 2.75) is 56.7 Å². The molecule has 3 amide bonds. The number of nitrogens with zero attached hydrogens (tertiary/aromatic N) is 1. The number of carbonyl (C=O) groups excluding carboxylic acids is 4. The molecule has 2 aliphatic rings. The lowest BCUT2D eigenvalue weighted by molar-refractivity contribution is -0.147. The van der Waals surface area contributed by atoms with Crippen molar-refractivity contribution in [1.29, 1.82) is 0 Å². The molecule has 6 rings (SSSR count). The van der Waals surface area contributed by atoms with Crippen molar-refractivity contribution < 1.29 is 33.8 Å². The van der Waals surface area contributed by atoms with Gasteiger partial charge in [0, 0.05) is 25.4 Å². The van der Waals surface area contributed by atoms with Gasteiger partial charge >= 0.3 is 12.1 Å². The summed E-state index contributed by atoms with van der Waals surface area (Å²) < 4.78 is 11.5. The van der Waals surface area contributed by atoms with Gasteiger partial charge in [0.1, 0.15) is 19.3 Å². The zero-order valence-electron chi connectivity index (χ0n) is 30.3. The number of nitrogens with one attached hydrogen (secondary N) is 2. The van der Waals surface area contributed by atoms with Crippen LogP contribution in [0.4, 0.5) is 4.79 Å². The molecule has 0 radical (unpaired) electrons. The van der Waals surface area contributed by atoms with E-state index in [4.69, 9.17) is 9.47 Å². The maximum Gasteiger partial charge on any atom is 0.407 e. The zero-order chi connectivity index (χ0) is 37.7. The highest BCUT2D eigenvalue weighted by Gasteiger charge is 2.31. The summed E-state index contributed by atoms with van der Waals surface area (Å²) in [6.07, 6.45) is 4.22. The third-order valence-corrected chi connectivity index (χ3v) is 9.96. The molecule has 3 unspecified atom stereocenters. The lowest BCUT2D eigenvalue weighted by Crippen LogP contribution is -2.47. The van der Waals surface area contributed by atoms with Crippen LogP contribution in [-0.4, -0.2) is 72.3 Å². The fourth-order valence-electron chi connectivity index (χ4n) is 7.16. The van der Waals surface area contributed by atoms with Crippen LogP contribution < -0.4 is 10.6 Å². The second kappa shape index (κ2) is 18.8. The van der Waals surface area contributed by atoms with Gasteiger partial charge in [0.25, 0.3) is 0 Å². The number of aliphatic hydroxyl groups excluding tert-OH is 1. The van der Waals surface area contributed by atoms with E-state index in [1.807, 2.05) is 109 Å². The number of ether oxygens (including phenoxy) is 2. The molecule has 54 heavy (non-hydrogen) atoms. The van der Waals surface area contributed by atoms with E-state index in [0.29, 0.717) is 19.4 Å². The first kappa shape index (κ1) is 38.0. The Balaban J connectivity index is 1.14. The fraction of sp³-hybridized carbons (Fsp3) is 0.318. The van der Waals surface area contributed by atoms with E-state index >= 15 is 0 Å². The van der Waals surface area contributed by atoms with Gasteiger partial charge in [-0.3, -0.25) is 9.59 Å². The molecule has 0 fully saturated rings. The molecule has 0 aromatic heterocycles. The van der Waals surface area contributed by atoms with Crippen LogP contribution in [0.15, 0.2) is 121 Å². The number of carbonyl (C=O) groups is 4. The molecule has 1 heterocycles. The molecule has 10 nitrogen and oxygen atoms in total. The number of rotatable bonds is 11. The predicted molar refractivity (Wildman–Crippen MR) is 205 cm³/mol. The van der Waals surface area contributed by atoms with Gasteiger partial charge in [0.2, 0.25) is 11.8 Å². The van der Waals surface area contributed by atoms with Crippen LogP contribution in [0.5, 0.6) is 0 Å². The van der Waals surface area contributed by atoms with Gasteiger partial charge < -0.3 is 30.1 Å². The van der Waals surface area contributed by atoms with Crippen LogP contribution in [0.25, 0.3) is 11.1 Å². The average Bonchev–Trinajstić information content (AvgIpc) is 3.51. The van der Waals surface area contributed by atoms with E-state index in [0.717, 1.165) is 33.4 Å². The summed E-state index contributed by atoms with van der Waals surface area (Å²) in [6, 6.07) is 33.6. The number of benzene rings is 4. The minimum absolute atomic E-state index is 0.0627. The number of allylic oxidation sites excluding steroid dienone is 2. The summed E-state index contributed by atoms with van der Waals surface area (Å²) in [4.78, 5) is 55.7. The van der Waals surface area contributed by atoms with Crippen molar-refractivity contribution in [3.63, 3.8) is 0 Å². The molecular formula is C44H47N3O7. The monoisotopic (exact) mass is 729 g/mol. The quantitative estimate of drug-likeness (QED) is 0.129. The van der Waals surface area contributed by atoms with E-state index < -0.39 is 30.1 Å². The molecule has 1 aliphatic carbocycles. The largest absolute Gasteiger partial charge is 0.462 e. The van der Waals surface area contributed by atoms with E-state index in [1.54, 1.807) is 4.90 Å². The van der Waals surface area contributed by atoms with E-state index in [-0.39, 0.29) is 63.4 Å². The lowest BCUT2D eigenvalue weighted by atomic mass is 9.97. The van der Waals surface area contributed by atoms with Gasteiger partial charge in [-0.1, -0.05) is 121 Å². The number of hydrogen-bond acceptors (Lipinski definition) is 7. The fourth-order valence-corrected chi connectivity index (χ4v) is 7.16. The molecule has 0 saturated heterocycles. The SMILES string of the molecule is O=C(NC1CCC=CCC(CC(=O)N(CCO)Cc2ccccc2)C(=O)NC(Cc2ccccc2)COC1=O)OCC1c2ccccc2-c2ccccc21. The molecule has 0 saturated carbocycles. The summed E-state index contributed by atoms with van der Waals surface area (Å²) in [7, 11) is 0. The van der Waals surface area contributed by atoms with Gasteiger partial charge in [-0.15, -0.1) is 0 Å².